The summed E-state index contributed by atoms with van der Waals surface area (Å²) in [5, 5.41) is 0.614. The predicted molar refractivity (Wildman–Crippen MR) is 104 cm³/mol. The van der Waals surface area contributed by atoms with Crippen molar-refractivity contribution in [3.05, 3.63) is 59.5 Å². The minimum atomic E-state index is -3.58. The lowest BCUT2D eigenvalue weighted by Gasteiger charge is -2.12. The van der Waals surface area contributed by atoms with Gasteiger partial charge in [-0.1, -0.05) is 11.6 Å². The topological polar surface area (TPSA) is 73.2 Å². The molecule has 2 aromatic carbocycles. The molecule has 4 rings (SSSR count). The Bertz CT molecular complexity index is 1070. The number of benzene rings is 2. The van der Waals surface area contributed by atoms with Gasteiger partial charge in [-0.2, -0.15) is 0 Å². The first-order valence-electron chi connectivity index (χ1n) is 8.54. The molecule has 0 fully saturated rings. The molecule has 6 nitrogen and oxygen atoms in total. The molecule has 8 heteroatoms. The zero-order chi connectivity index (χ0) is 19.0. The zero-order valence-electron chi connectivity index (χ0n) is 14.6. The maximum atomic E-state index is 12.2. The molecule has 3 aromatic rings. The summed E-state index contributed by atoms with van der Waals surface area (Å²) in [6.45, 7) is 0.921. The van der Waals surface area contributed by atoms with Crippen LogP contribution in [-0.2, 0) is 23.0 Å². The quantitative estimate of drug-likeness (QED) is 0.702. The zero-order valence-corrected chi connectivity index (χ0v) is 16.2. The molecule has 1 aliphatic heterocycles. The fourth-order valence-corrected chi connectivity index (χ4v) is 3.98. The highest BCUT2D eigenvalue weighted by molar-refractivity contribution is 7.89. The van der Waals surface area contributed by atoms with Crippen LogP contribution in [0.4, 0.5) is 0 Å². The molecule has 0 radical (unpaired) electrons. The van der Waals surface area contributed by atoms with Gasteiger partial charge in [-0.3, -0.25) is 0 Å². The van der Waals surface area contributed by atoms with E-state index in [1.165, 1.54) is 13.1 Å². The van der Waals surface area contributed by atoms with E-state index in [1.807, 2.05) is 6.20 Å². The summed E-state index contributed by atoms with van der Waals surface area (Å²) in [5.74, 6) is 2.14. The fraction of sp³-hybridized carbons (Fsp3) is 0.211. The average Bonchev–Trinajstić information content (AvgIpc) is 3.26. The van der Waals surface area contributed by atoms with Crippen molar-refractivity contribution in [3.8, 4) is 22.8 Å². The number of hydrogen-bond acceptors (Lipinski definition) is 4. The molecule has 0 spiro atoms. The molecule has 140 valence electrons. The summed E-state index contributed by atoms with van der Waals surface area (Å²) in [5.41, 5.74) is 1.32. The van der Waals surface area contributed by atoms with Crippen molar-refractivity contribution >= 4 is 21.6 Å². The molecule has 1 N–H and O–H groups in total. The van der Waals surface area contributed by atoms with Crippen LogP contribution in [0.2, 0.25) is 5.02 Å². The average molecular weight is 404 g/mol. The van der Waals surface area contributed by atoms with E-state index < -0.39 is 10.0 Å². The third kappa shape index (κ3) is 3.58. The molecule has 0 saturated heterocycles. The summed E-state index contributed by atoms with van der Waals surface area (Å²) in [4.78, 5) is 4.84. The Morgan fingerprint density at radius 3 is 2.67 bits per heavy atom. The second-order valence-electron chi connectivity index (χ2n) is 6.26. The highest BCUT2D eigenvalue weighted by Gasteiger charge is 2.20. The van der Waals surface area contributed by atoms with Crippen LogP contribution in [0.3, 0.4) is 0 Å². The highest BCUT2D eigenvalue weighted by Crippen LogP contribution is 2.36. The molecule has 0 saturated carbocycles. The van der Waals surface area contributed by atoms with E-state index in [9.17, 15) is 8.42 Å². The van der Waals surface area contributed by atoms with E-state index in [0.717, 1.165) is 25.2 Å². The first kappa shape index (κ1) is 18.0. The molecule has 0 unspecified atom stereocenters. The monoisotopic (exact) mass is 403 g/mol. The van der Waals surface area contributed by atoms with Crippen LogP contribution in [-0.4, -0.2) is 25.0 Å². The van der Waals surface area contributed by atoms with Gasteiger partial charge in [-0.05, 0) is 55.9 Å². The van der Waals surface area contributed by atoms with Crippen LogP contribution < -0.4 is 9.46 Å². The maximum Gasteiger partial charge on any atom is 0.240 e. The van der Waals surface area contributed by atoms with Crippen LogP contribution in [0.15, 0.2) is 53.6 Å². The van der Waals surface area contributed by atoms with Crippen LogP contribution >= 0.6 is 11.6 Å². The maximum absolute atomic E-state index is 12.2. The number of fused-ring (bicyclic) bond motifs is 1. The van der Waals surface area contributed by atoms with Gasteiger partial charge in [0.25, 0.3) is 0 Å². The highest BCUT2D eigenvalue weighted by atomic mass is 35.5. The number of halogens is 1. The number of nitrogens with zero attached hydrogens (tertiary/aromatic N) is 2. The molecule has 1 aliphatic rings. The first-order chi connectivity index (χ1) is 13.0. The van der Waals surface area contributed by atoms with Crippen molar-refractivity contribution in [2.24, 2.45) is 0 Å². The molecule has 0 aliphatic carbocycles. The van der Waals surface area contributed by atoms with E-state index in [2.05, 4.69) is 14.3 Å². The third-order valence-electron chi connectivity index (χ3n) is 4.51. The van der Waals surface area contributed by atoms with Gasteiger partial charge in [0.15, 0.2) is 0 Å². The summed E-state index contributed by atoms with van der Waals surface area (Å²) in [7, 11) is -2.19. The molecule has 2 heterocycles. The van der Waals surface area contributed by atoms with Crippen molar-refractivity contribution in [3.63, 3.8) is 0 Å². The van der Waals surface area contributed by atoms with Gasteiger partial charge in [0.1, 0.15) is 17.3 Å². The van der Waals surface area contributed by atoms with Crippen molar-refractivity contribution in [2.45, 2.75) is 24.3 Å². The van der Waals surface area contributed by atoms with Crippen molar-refractivity contribution in [1.82, 2.24) is 14.3 Å². The first-order valence-corrected chi connectivity index (χ1v) is 10.4. The second-order valence-corrected chi connectivity index (χ2v) is 8.58. The standard InChI is InChI=1S/C19H18ClN3O3S/c1-21-27(24,25)15-8-9-18(26-14-6-4-13(20)5-7-14)16(11-15)17-12-23-10-2-3-19(23)22-17/h4-9,11-12,21H,2-3,10H2,1H3. The normalized spacial score (nSPS) is 13.6. The molecular weight excluding hydrogens is 386 g/mol. The lowest BCUT2D eigenvalue weighted by atomic mass is 10.1. The number of sulfonamides is 1. The van der Waals surface area contributed by atoms with E-state index in [-0.39, 0.29) is 4.90 Å². The number of ether oxygens (including phenoxy) is 1. The van der Waals surface area contributed by atoms with E-state index in [1.54, 1.807) is 36.4 Å². The number of imidazole rings is 1. The van der Waals surface area contributed by atoms with Crippen LogP contribution in [0, 0.1) is 0 Å². The van der Waals surface area contributed by atoms with Gasteiger partial charge >= 0.3 is 0 Å². The number of rotatable bonds is 5. The summed E-state index contributed by atoms with van der Waals surface area (Å²) >= 11 is 5.93. The summed E-state index contributed by atoms with van der Waals surface area (Å²) < 4.78 is 34.9. The summed E-state index contributed by atoms with van der Waals surface area (Å²) in [6, 6.07) is 11.8. The molecule has 27 heavy (non-hydrogen) atoms. The molecule has 0 atom stereocenters. The molecule has 0 bridgehead atoms. The minimum Gasteiger partial charge on any atom is -0.457 e. The van der Waals surface area contributed by atoms with Crippen LogP contribution in [0.1, 0.15) is 12.2 Å². The molecule has 1 aromatic heterocycles. The lowest BCUT2D eigenvalue weighted by Crippen LogP contribution is -2.18. The van der Waals surface area contributed by atoms with E-state index >= 15 is 0 Å². The van der Waals surface area contributed by atoms with Gasteiger partial charge in [0, 0.05) is 29.7 Å². The van der Waals surface area contributed by atoms with Gasteiger partial charge in [-0.25, -0.2) is 18.1 Å². The number of hydrogen-bond donors (Lipinski definition) is 1. The lowest BCUT2D eigenvalue weighted by molar-refractivity contribution is 0.484. The molecular formula is C19H18ClN3O3S. The van der Waals surface area contributed by atoms with Crippen LogP contribution in [0.25, 0.3) is 11.3 Å². The SMILES string of the molecule is CNS(=O)(=O)c1ccc(Oc2ccc(Cl)cc2)c(-c2cn3c(n2)CCC3)c1. The Hall–Kier alpha value is -2.35. The molecule has 0 amide bonds. The third-order valence-corrected chi connectivity index (χ3v) is 6.17. The Labute approximate surface area is 162 Å². The number of nitrogens with one attached hydrogen (secondary N) is 1. The number of aryl methyl sites for hydroxylation is 2. The Morgan fingerprint density at radius 1 is 1.19 bits per heavy atom. The van der Waals surface area contributed by atoms with Crippen LogP contribution in [0.5, 0.6) is 11.5 Å². The smallest absolute Gasteiger partial charge is 0.240 e. The largest absolute Gasteiger partial charge is 0.457 e. The minimum absolute atomic E-state index is 0.164. The van der Waals surface area contributed by atoms with Gasteiger partial charge in [0.05, 0.1) is 10.6 Å². The van der Waals surface area contributed by atoms with E-state index in [4.69, 9.17) is 16.3 Å². The van der Waals surface area contributed by atoms with Gasteiger partial charge < -0.3 is 9.30 Å². The fourth-order valence-electron chi connectivity index (χ4n) is 3.10. The Morgan fingerprint density at radius 2 is 1.96 bits per heavy atom. The van der Waals surface area contributed by atoms with Crippen molar-refractivity contribution in [2.75, 3.05) is 7.05 Å². The van der Waals surface area contributed by atoms with Gasteiger partial charge in [0.2, 0.25) is 10.0 Å². The number of aromatic nitrogens is 2. The predicted octanol–water partition coefficient (Wildman–Crippen LogP) is 3.85. The van der Waals surface area contributed by atoms with Gasteiger partial charge in [-0.15, -0.1) is 0 Å². The second kappa shape index (κ2) is 6.99. The Kier molecular flexibility index (Phi) is 4.67. The van der Waals surface area contributed by atoms with Crippen molar-refractivity contribution in [1.29, 1.82) is 0 Å². The summed E-state index contributed by atoms with van der Waals surface area (Å²) in [6.07, 6.45) is 3.94. The van der Waals surface area contributed by atoms with E-state index in [0.29, 0.717) is 27.8 Å². The van der Waals surface area contributed by atoms with Crippen molar-refractivity contribution < 1.29 is 13.2 Å². The Balaban J connectivity index is 1.80.